The number of urea groups is 1. The summed E-state index contributed by atoms with van der Waals surface area (Å²) in [6.45, 7) is 10.3. The van der Waals surface area contributed by atoms with Crippen LogP contribution in [0.5, 0.6) is 5.75 Å². The van der Waals surface area contributed by atoms with E-state index in [1.807, 2.05) is 66.9 Å². The fourth-order valence-corrected chi connectivity index (χ4v) is 6.76. The fraction of sp³-hybridized carbons (Fsp3) is 0.282. The van der Waals surface area contributed by atoms with Crippen molar-refractivity contribution in [2.45, 2.75) is 32.7 Å². The first-order valence-corrected chi connectivity index (χ1v) is 18.4. The van der Waals surface area contributed by atoms with Gasteiger partial charge < -0.3 is 20.1 Å². The maximum absolute atomic E-state index is 13.7. The van der Waals surface area contributed by atoms with Crippen molar-refractivity contribution in [3.8, 4) is 28.0 Å². The minimum Gasteiger partial charge on any atom is -0.494 e. The number of carbonyl (C=O) groups excluding carboxylic acids is 1. The predicted molar refractivity (Wildman–Crippen MR) is 202 cm³/mol. The molecular weight excluding hydrogens is 651 g/mol. The van der Waals surface area contributed by atoms with E-state index in [-0.39, 0.29) is 5.41 Å². The number of nitrogens with zero attached hydrogens (tertiary/aromatic N) is 2. The fourth-order valence-electron chi connectivity index (χ4n) is 6.18. The van der Waals surface area contributed by atoms with E-state index >= 15 is 0 Å². The molecule has 0 saturated carbocycles. The molecule has 260 valence electrons. The number of ether oxygens (including phenoxy) is 2. The molecule has 0 unspecified atom stereocenters. The SMILES string of the molecule is COc1c(NC(=O)Nc2ccc(-c3ccc(CN4CCOCC4)nc3)c3ccccc23)cc(C(C)(C)C)cc1-c1ccccc1NS(C)(=O)=O. The van der Waals surface area contributed by atoms with Gasteiger partial charge in [-0.15, -0.1) is 0 Å². The van der Waals surface area contributed by atoms with Crippen LogP contribution in [0.1, 0.15) is 32.0 Å². The summed E-state index contributed by atoms with van der Waals surface area (Å²) in [5, 5.41) is 7.93. The molecule has 5 aromatic rings. The highest BCUT2D eigenvalue weighted by Crippen LogP contribution is 2.43. The van der Waals surface area contributed by atoms with E-state index in [4.69, 9.17) is 14.5 Å². The third-order valence-electron chi connectivity index (χ3n) is 8.72. The second-order valence-electron chi connectivity index (χ2n) is 13.5. The lowest BCUT2D eigenvalue weighted by Crippen LogP contribution is -2.35. The molecule has 10 nitrogen and oxygen atoms in total. The van der Waals surface area contributed by atoms with E-state index in [1.54, 1.807) is 12.1 Å². The lowest BCUT2D eigenvalue weighted by molar-refractivity contribution is 0.0336. The molecule has 0 atom stereocenters. The number of pyridine rings is 1. The lowest BCUT2D eigenvalue weighted by atomic mass is 9.84. The number of sulfonamides is 1. The molecule has 0 aliphatic carbocycles. The van der Waals surface area contributed by atoms with Crippen molar-refractivity contribution in [1.82, 2.24) is 9.88 Å². The first-order chi connectivity index (χ1) is 23.9. The second kappa shape index (κ2) is 14.5. The molecule has 50 heavy (non-hydrogen) atoms. The van der Waals surface area contributed by atoms with Gasteiger partial charge in [0.2, 0.25) is 10.0 Å². The zero-order valence-electron chi connectivity index (χ0n) is 29.0. The van der Waals surface area contributed by atoms with E-state index in [2.05, 4.69) is 53.2 Å². The average molecular weight is 694 g/mol. The summed E-state index contributed by atoms with van der Waals surface area (Å²) in [5.74, 6) is 0.403. The third-order valence-corrected chi connectivity index (χ3v) is 9.31. The Kier molecular flexibility index (Phi) is 10.1. The maximum atomic E-state index is 13.7. The summed E-state index contributed by atoms with van der Waals surface area (Å²) in [6, 6.07) is 26.6. The number of amides is 2. The Hall–Kier alpha value is -4.97. The Bertz CT molecular complexity index is 2120. The van der Waals surface area contributed by atoms with Gasteiger partial charge in [-0.3, -0.25) is 14.6 Å². The smallest absolute Gasteiger partial charge is 0.323 e. The van der Waals surface area contributed by atoms with E-state index in [9.17, 15) is 13.2 Å². The van der Waals surface area contributed by atoms with Gasteiger partial charge in [0.25, 0.3) is 0 Å². The topological polar surface area (TPSA) is 122 Å². The minimum absolute atomic E-state index is 0.297. The summed E-state index contributed by atoms with van der Waals surface area (Å²) in [7, 11) is -2.03. The van der Waals surface area contributed by atoms with Gasteiger partial charge >= 0.3 is 6.03 Å². The summed E-state index contributed by atoms with van der Waals surface area (Å²) in [6.07, 6.45) is 3.02. The zero-order chi connectivity index (χ0) is 35.5. The number of methoxy groups -OCH3 is 1. The van der Waals surface area contributed by atoms with Crippen LogP contribution in [0.2, 0.25) is 0 Å². The van der Waals surface area contributed by atoms with Crippen LogP contribution in [0.15, 0.2) is 91.1 Å². The van der Waals surface area contributed by atoms with Crippen molar-refractivity contribution in [2.24, 2.45) is 0 Å². The lowest BCUT2D eigenvalue weighted by Gasteiger charge is -2.26. The number of anilines is 3. The molecule has 3 N–H and O–H groups in total. The van der Waals surface area contributed by atoms with Crippen molar-refractivity contribution in [3.63, 3.8) is 0 Å². The van der Waals surface area contributed by atoms with E-state index in [1.165, 1.54) is 7.11 Å². The van der Waals surface area contributed by atoms with Gasteiger partial charge in [0, 0.05) is 47.9 Å². The molecule has 0 radical (unpaired) electrons. The molecule has 2 heterocycles. The van der Waals surface area contributed by atoms with Crippen molar-refractivity contribution in [3.05, 3.63) is 102 Å². The predicted octanol–water partition coefficient (Wildman–Crippen LogP) is 7.72. The Labute approximate surface area is 293 Å². The number of para-hydroxylation sites is 1. The Balaban J connectivity index is 1.30. The first kappa shape index (κ1) is 34.9. The number of hydrogen-bond donors (Lipinski definition) is 3. The first-order valence-electron chi connectivity index (χ1n) is 16.5. The molecule has 11 heteroatoms. The molecular formula is C39H43N5O5S. The molecule has 1 aliphatic rings. The van der Waals surface area contributed by atoms with E-state index < -0.39 is 16.1 Å². The van der Waals surface area contributed by atoms with Gasteiger partial charge in [0.1, 0.15) is 5.75 Å². The van der Waals surface area contributed by atoms with Gasteiger partial charge in [0.15, 0.2) is 0 Å². The van der Waals surface area contributed by atoms with Crippen molar-refractivity contribution < 1.29 is 22.7 Å². The van der Waals surface area contributed by atoms with Gasteiger partial charge in [-0.25, -0.2) is 13.2 Å². The van der Waals surface area contributed by atoms with Crippen LogP contribution in [0.25, 0.3) is 33.0 Å². The highest BCUT2D eigenvalue weighted by Gasteiger charge is 2.23. The normalized spacial score (nSPS) is 13.9. The number of hydrogen-bond acceptors (Lipinski definition) is 7. The number of benzene rings is 4. The van der Waals surface area contributed by atoms with Gasteiger partial charge in [-0.05, 0) is 52.3 Å². The number of aromatic nitrogens is 1. The molecule has 1 saturated heterocycles. The van der Waals surface area contributed by atoms with Crippen LogP contribution in [0, 0.1) is 0 Å². The monoisotopic (exact) mass is 693 g/mol. The number of morpholine rings is 1. The third kappa shape index (κ3) is 8.07. The minimum atomic E-state index is -3.56. The maximum Gasteiger partial charge on any atom is 0.323 e. The van der Waals surface area contributed by atoms with E-state index in [0.29, 0.717) is 33.9 Å². The van der Waals surface area contributed by atoms with Crippen LogP contribution in [0.3, 0.4) is 0 Å². The summed E-state index contributed by atoms with van der Waals surface area (Å²) in [5.41, 5.74) is 6.41. The number of fused-ring (bicyclic) bond motifs is 1. The largest absolute Gasteiger partial charge is 0.494 e. The van der Waals surface area contributed by atoms with E-state index in [0.717, 1.165) is 72.3 Å². The van der Waals surface area contributed by atoms with Crippen LogP contribution in [-0.2, 0) is 26.7 Å². The van der Waals surface area contributed by atoms with Crippen LogP contribution < -0.4 is 20.1 Å². The summed E-state index contributed by atoms with van der Waals surface area (Å²) in [4.78, 5) is 20.8. The summed E-state index contributed by atoms with van der Waals surface area (Å²) >= 11 is 0. The average Bonchev–Trinajstić information content (AvgIpc) is 3.08. The Morgan fingerprint density at radius 1 is 0.840 bits per heavy atom. The van der Waals surface area contributed by atoms with Gasteiger partial charge in [0.05, 0.1) is 49.3 Å². The molecule has 0 bridgehead atoms. The van der Waals surface area contributed by atoms with Crippen LogP contribution in [0.4, 0.5) is 21.9 Å². The Morgan fingerprint density at radius 3 is 2.22 bits per heavy atom. The van der Waals surface area contributed by atoms with Crippen molar-refractivity contribution >= 4 is 43.9 Å². The molecule has 1 aliphatic heterocycles. The quantitative estimate of drug-likeness (QED) is 0.145. The highest BCUT2D eigenvalue weighted by molar-refractivity contribution is 7.92. The van der Waals surface area contributed by atoms with Crippen LogP contribution in [-0.4, -0.2) is 64.0 Å². The molecule has 2 amide bonds. The highest BCUT2D eigenvalue weighted by atomic mass is 32.2. The number of carbonyl (C=O) groups is 1. The molecule has 6 rings (SSSR count). The number of nitrogens with one attached hydrogen (secondary N) is 3. The molecule has 0 spiro atoms. The standard InChI is InChI=1S/C39H43N5O5S/c1-39(2,3)27-22-33(32-12-8-9-13-35(32)43-50(5,46)47)37(48-4)36(23-27)42-38(45)41-34-17-16-29(30-10-6-7-11-31(30)34)26-14-15-28(40-24-26)25-44-18-20-49-21-19-44/h6-17,22-24,43H,18-21,25H2,1-5H3,(H2,41,42,45). The molecule has 1 aromatic heterocycles. The van der Waals surface area contributed by atoms with Gasteiger partial charge in [-0.1, -0.05) is 75.4 Å². The Morgan fingerprint density at radius 2 is 1.54 bits per heavy atom. The zero-order valence-corrected chi connectivity index (χ0v) is 29.9. The van der Waals surface area contributed by atoms with Gasteiger partial charge in [-0.2, -0.15) is 0 Å². The number of rotatable bonds is 9. The summed E-state index contributed by atoms with van der Waals surface area (Å²) < 4.78 is 38.4. The van der Waals surface area contributed by atoms with Crippen molar-refractivity contribution in [1.29, 1.82) is 0 Å². The van der Waals surface area contributed by atoms with Crippen molar-refractivity contribution in [2.75, 3.05) is 55.0 Å². The van der Waals surface area contributed by atoms with Crippen LogP contribution >= 0.6 is 0 Å². The molecule has 4 aromatic carbocycles. The molecule has 1 fully saturated rings. The second-order valence-corrected chi connectivity index (χ2v) is 15.2.